The van der Waals surface area contributed by atoms with Crippen molar-refractivity contribution in [2.75, 3.05) is 31.1 Å². The van der Waals surface area contributed by atoms with Crippen LogP contribution in [0.2, 0.25) is 0 Å². The first-order chi connectivity index (χ1) is 11.6. The molecule has 0 saturated carbocycles. The van der Waals surface area contributed by atoms with Gasteiger partial charge in [-0.05, 0) is 6.92 Å². The van der Waals surface area contributed by atoms with Crippen LogP contribution >= 0.6 is 0 Å². The lowest BCUT2D eigenvalue weighted by Crippen LogP contribution is -2.34. The van der Waals surface area contributed by atoms with E-state index in [4.69, 9.17) is 0 Å². The van der Waals surface area contributed by atoms with Crippen LogP contribution in [0, 0.1) is 18.3 Å². The molecule has 2 aromatic heterocycles. The lowest BCUT2D eigenvalue weighted by molar-refractivity contribution is 0.128. The van der Waals surface area contributed by atoms with E-state index >= 15 is 0 Å². The molecule has 8 heteroatoms. The summed E-state index contributed by atoms with van der Waals surface area (Å²) in [5.74, 6) is 1.51. The van der Waals surface area contributed by atoms with Gasteiger partial charge in [0, 0.05) is 58.4 Å². The summed E-state index contributed by atoms with van der Waals surface area (Å²) in [5, 5.41) is 19.6. The third kappa shape index (κ3) is 3.37. The molecule has 24 heavy (non-hydrogen) atoms. The summed E-state index contributed by atoms with van der Waals surface area (Å²) in [6.07, 6.45) is 4.44. The first kappa shape index (κ1) is 16.4. The summed E-state index contributed by atoms with van der Waals surface area (Å²) in [5.41, 5.74) is 1.41. The quantitative estimate of drug-likeness (QED) is 0.852. The van der Waals surface area contributed by atoms with Gasteiger partial charge in [-0.3, -0.25) is 4.90 Å². The molecule has 1 atom stereocenters. The monoisotopic (exact) mass is 327 g/mol. The summed E-state index contributed by atoms with van der Waals surface area (Å²) in [7, 11) is 2.00. The Bertz CT molecular complexity index is 751. The number of aromatic nitrogens is 4. The molecule has 0 aliphatic carbocycles. The number of hydrogen-bond donors (Lipinski definition) is 1. The predicted octanol–water partition coefficient (Wildman–Crippen LogP) is 0.0733. The molecule has 0 aromatic carbocycles. The second kappa shape index (κ2) is 6.95. The van der Waals surface area contributed by atoms with Crippen LogP contribution in [-0.4, -0.2) is 61.8 Å². The second-order valence-electron chi connectivity index (χ2n) is 6.03. The van der Waals surface area contributed by atoms with E-state index in [1.165, 1.54) is 6.20 Å². The Labute approximate surface area is 141 Å². The molecule has 2 aromatic rings. The van der Waals surface area contributed by atoms with Crippen molar-refractivity contribution in [2.45, 2.75) is 19.6 Å². The number of imidazole rings is 1. The second-order valence-corrected chi connectivity index (χ2v) is 6.03. The van der Waals surface area contributed by atoms with Crippen molar-refractivity contribution >= 4 is 5.82 Å². The van der Waals surface area contributed by atoms with Gasteiger partial charge in [0.2, 0.25) is 0 Å². The molecule has 3 heterocycles. The van der Waals surface area contributed by atoms with Crippen molar-refractivity contribution < 1.29 is 5.11 Å². The molecule has 126 valence electrons. The summed E-state index contributed by atoms with van der Waals surface area (Å²) < 4.78 is 2.06. The third-order valence-corrected chi connectivity index (χ3v) is 4.37. The Balaban J connectivity index is 1.74. The summed E-state index contributed by atoms with van der Waals surface area (Å²) in [6, 6.07) is 2.07. The average molecular weight is 327 g/mol. The van der Waals surface area contributed by atoms with Crippen LogP contribution in [0.15, 0.2) is 18.6 Å². The van der Waals surface area contributed by atoms with Crippen molar-refractivity contribution in [3.63, 3.8) is 0 Å². The molecule has 1 aliphatic heterocycles. The molecule has 0 amide bonds. The van der Waals surface area contributed by atoms with Crippen LogP contribution in [0.5, 0.6) is 0 Å². The van der Waals surface area contributed by atoms with E-state index in [2.05, 4.69) is 30.5 Å². The highest BCUT2D eigenvalue weighted by Gasteiger charge is 2.24. The molecule has 0 unspecified atom stereocenters. The van der Waals surface area contributed by atoms with Gasteiger partial charge in [0.25, 0.3) is 0 Å². The number of aryl methyl sites for hydroxylation is 1. The lowest BCUT2D eigenvalue weighted by atomic mass is 10.3. The van der Waals surface area contributed by atoms with Crippen molar-refractivity contribution in [3.8, 4) is 6.07 Å². The van der Waals surface area contributed by atoms with E-state index in [0.29, 0.717) is 31.1 Å². The van der Waals surface area contributed by atoms with E-state index in [9.17, 15) is 10.4 Å². The van der Waals surface area contributed by atoms with E-state index in [-0.39, 0.29) is 0 Å². The fourth-order valence-electron chi connectivity index (χ4n) is 2.96. The number of aliphatic hydroxyl groups is 1. The average Bonchev–Trinajstić information content (AvgIpc) is 2.79. The maximum atomic E-state index is 10.4. The normalized spacial score (nSPS) is 19.1. The number of rotatable bonds is 3. The van der Waals surface area contributed by atoms with Crippen LogP contribution in [0.4, 0.5) is 5.82 Å². The maximum Gasteiger partial charge on any atom is 0.183 e. The van der Waals surface area contributed by atoms with Crippen LogP contribution in [0.25, 0.3) is 0 Å². The highest BCUT2D eigenvalue weighted by molar-refractivity contribution is 5.49. The number of aliphatic hydroxyl groups excluding tert-OH is 1. The molecule has 3 rings (SSSR count). The van der Waals surface area contributed by atoms with Crippen LogP contribution in [0.3, 0.4) is 0 Å². The highest BCUT2D eigenvalue weighted by Crippen LogP contribution is 2.17. The predicted molar refractivity (Wildman–Crippen MR) is 88.2 cm³/mol. The van der Waals surface area contributed by atoms with Crippen molar-refractivity contribution in [1.82, 2.24) is 24.4 Å². The van der Waals surface area contributed by atoms with E-state index < -0.39 is 6.10 Å². The van der Waals surface area contributed by atoms with E-state index in [1.54, 1.807) is 6.20 Å². The Kier molecular flexibility index (Phi) is 4.74. The molecule has 1 aliphatic rings. The molecule has 1 fully saturated rings. The maximum absolute atomic E-state index is 10.4. The van der Waals surface area contributed by atoms with Gasteiger partial charge >= 0.3 is 0 Å². The molecule has 8 nitrogen and oxygen atoms in total. The van der Waals surface area contributed by atoms with Crippen LogP contribution < -0.4 is 4.90 Å². The molecule has 1 saturated heterocycles. The number of hydrogen-bond acceptors (Lipinski definition) is 7. The summed E-state index contributed by atoms with van der Waals surface area (Å²) in [4.78, 5) is 16.8. The van der Waals surface area contributed by atoms with Gasteiger partial charge < -0.3 is 14.6 Å². The number of nitriles is 1. The number of β-amino-alcohol motifs (C(OH)–C–C–N with tert-alkyl or cyclic N) is 1. The van der Waals surface area contributed by atoms with Gasteiger partial charge in [0.05, 0.1) is 11.8 Å². The fraction of sp³-hybridized carbons (Fsp3) is 0.500. The van der Waals surface area contributed by atoms with Gasteiger partial charge in [0.15, 0.2) is 11.5 Å². The molecule has 1 N–H and O–H groups in total. The summed E-state index contributed by atoms with van der Waals surface area (Å²) >= 11 is 0. The van der Waals surface area contributed by atoms with E-state index in [1.807, 2.05) is 25.1 Å². The van der Waals surface area contributed by atoms with Crippen molar-refractivity contribution in [2.24, 2.45) is 7.05 Å². The van der Waals surface area contributed by atoms with Gasteiger partial charge in [-0.15, -0.1) is 0 Å². The zero-order valence-electron chi connectivity index (χ0n) is 13.9. The zero-order chi connectivity index (χ0) is 17.1. The molecule has 0 radical (unpaired) electrons. The standard InChI is InChI=1S/C16H21N7O/c1-12-20-8-13(21(12)2)9-22-5-6-23(11-14(24)10-22)16-15(7-17)18-3-4-19-16/h3-4,8,14,24H,5-6,9-11H2,1-2H3/t14-/m0/s1. The van der Waals surface area contributed by atoms with Gasteiger partial charge in [0.1, 0.15) is 11.9 Å². The van der Waals surface area contributed by atoms with E-state index in [0.717, 1.165) is 24.6 Å². The molecule has 0 bridgehead atoms. The molecular weight excluding hydrogens is 306 g/mol. The third-order valence-electron chi connectivity index (χ3n) is 4.37. The number of nitrogens with zero attached hydrogens (tertiary/aromatic N) is 7. The minimum Gasteiger partial charge on any atom is -0.390 e. The molecular formula is C16H21N7O. The zero-order valence-corrected chi connectivity index (χ0v) is 13.9. The van der Waals surface area contributed by atoms with Crippen molar-refractivity contribution in [1.29, 1.82) is 5.26 Å². The minimum atomic E-state index is -0.518. The topological polar surface area (TPSA) is 94.1 Å². The fourth-order valence-corrected chi connectivity index (χ4v) is 2.96. The Morgan fingerprint density at radius 1 is 1.25 bits per heavy atom. The highest BCUT2D eigenvalue weighted by atomic mass is 16.3. The van der Waals surface area contributed by atoms with Crippen LogP contribution in [0.1, 0.15) is 17.2 Å². The Hall–Kier alpha value is -2.50. The van der Waals surface area contributed by atoms with Crippen molar-refractivity contribution in [3.05, 3.63) is 35.8 Å². The smallest absolute Gasteiger partial charge is 0.183 e. The minimum absolute atomic E-state index is 0.292. The first-order valence-electron chi connectivity index (χ1n) is 7.92. The Morgan fingerprint density at radius 2 is 2.04 bits per heavy atom. The summed E-state index contributed by atoms with van der Waals surface area (Å²) in [6.45, 7) is 5.16. The molecule has 0 spiro atoms. The largest absolute Gasteiger partial charge is 0.390 e. The number of anilines is 1. The first-order valence-corrected chi connectivity index (χ1v) is 7.92. The SMILES string of the molecule is Cc1ncc(CN2CCN(c3nccnc3C#N)C[C@@H](O)C2)n1C. The van der Waals surface area contributed by atoms with Gasteiger partial charge in [-0.25, -0.2) is 15.0 Å². The van der Waals surface area contributed by atoms with Gasteiger partial charge in [-0.2, -0.15) is 5.26 Å². The van der Waals surface area contributed by atoms with Gasteiger partial charge in [-0.1, -0.05) is 0 Å². The van der Waals surface area contributed by atoms with Crippen LogP contribution in [-0.2, 0) is 13.6 Å². The Morgan fingerprint density at radius 3 is 2.75 bits per heavy atom. The lowest BCUT2D eigenvalue weighted by Gasteiger charge is -2.23.